The van der Waals surface area contributed by atoms with Gasteiger partial charge in [-0.25, -0.2) is 13.8 Å². The summed E-state index contributed by atoms with van der Waals surface area (Å²) in [6.07, 6.45) is 12.2. The first-order chi connectivity index (χ1) is 28.2. The smallest absolute Gasteiger partial charge is 0.419 e. The van der Waals surface area contributed by atoms with Crippen molar-refractivity contribution in [1.82, 2.24) is 9.88 Å². The summed E-state index contributed by atoms with van der Waals surface area (Å²) in [6, 6.07) is 13.4. The second-order valence-electron chi connectivity index (χ2n) is 19.9. The summed E-state index contributed by atoms with van der Waals surface area (Å²) in [4.78, 5) is 53.7. The third-order valence-electron chi connectivity index (χ3n) is 15.6. The average molecular weight is 811 g/mol. The highest BCUT2D eigenvalue weighted by molar-refractivity contribution is 6.12. The van der Waals surface area contributed by atoms with Gasteiger partial charge >= 0.3 is 12.1 Å². The number of rotatable bonds is 14. The van der Waals surface area contributed by atoms with E-state index in [9.17, 15) is 23.6 Å². The van der Waals surface area contributed by atoms with E-state index in [4.69, 9.17) is 9.47 Å². The van der Waals surface area contributed by atoms with Crippen molar-refractivity contribution < 1.29 is 33.0 Å². The number of halogens is 1. The number of nitrogens with one attached hydrogen (secondary N) is 1. The summed E-state index contributed by atoms with van der Waals surface area (Å²) < 4.78 is 27.2. The minimum atomic E-state index is -1.46. The zero-order valence-corrected chi connectivity index (χ0v) is 36.4. The Balaban J connectivity index is 0.972. The molecule has 2 aromatic carbocycles. The first-order valence-corrected chi connectivity index (χ1v) is 22.6. The van der Waals surface area contributed by atoms with Gasteiger partial charge in [0, 0.05) is 17.2 Å². The zero-order valence-electron chi connectivity index (χ0n) is 36.4. The molecule has 1 aromatic heterocycles. The van der Waals surface area contributed by atoms with Crippen molar-refractivity contribution in [3.63, 3.8) is 0 Å². The molecule has 4 aliphatic rings. The molecule has 3 fully saturated rings. The number of carbonyl (C=O) groups excluding carboxylic acids is 4. The van der Waals surface area contributed by atoms with Gasteiger partial charge in [-0.05, 0) is 109 Å². The Morgan fingerprint density at radius 2 is 1.54 bits per heavy atom. The van der Waals surface area contributed by atoms with E-state index in [1.54, 1.807) is 13.8 Å². The third-order valence-corrected chi connectivity index (χ3v) is 15.6. The molecule has 320 valence electrons. The highest BCUT2D eigenvalue weighted by atomic mass is 19.1. The van der Waals surface area contributed by atoms with Gasteiger partial charge in [-0.3, -0.25) is 14.4 Å². The maximum absolute atomic E-state index is 13.9. The number of allylic oxidation sites excluding steroid dienone is 1. The highest BCUT2D eigenvalue weighted by Crippen LogP contribution is 2.67. The molecule has 0 aliphatic heterocycles. The van der Waals surface area contributed by atoms with Crippen LogP contribution in [0.5, 0.6) is 0 Å². The van der Waals surface area contributed by atoms with E-state index in [1.807, 2.05) is 48.5 Å². The van der Waals surface area contributed by atoms with E-state index in [0.717, 1.165) is 53.7 Å². The SMILES string of the molecule is CC(C)CCC[C@@H](C)[C@H]1CC[C@H]2[C@@H]3CC=C4C[C@@H](OC(=O)CC(NC(=O)[C@@H](OC(=O)n5c6ccccc6c6ccccc65)C(C)C)C(=O)CF)CC[C@]4(C)[C@H]3CC[C@]12C. The number of hydrogen-bond donors (Lipinski definition) is 1. The van der Waals surface area contributed by atoms with E-state index in [-0.39, 0.29) is 11.5 Å². The van der Waals surface area contributed by atoms with Crippen molar-refractivity contribution in [3.8, 4) is 0 Å². The number of benzene rings is 2. The molecule has 0 saturated heterocycles. The summed E-state index contributed by atoms with van der Waals surface area (Å²) in [7, 11) is 0. The lowest BCUT2D eigenvalue weighted by atomic mass is 9.47. The van der Waals surface area contributed by atoms with Crippen molar-refractivity contribution in [2.45, 2.75) is 144 Å². The molecule has 7 rings (SSSR count). The van der Waals surface area contributed by atoms with Crippen LogP contribution in [-0.4, -0.2) is 53.2 Å². The molecular weight excluding hydrogens is 744 g/mol. The molecule has 1 unspecified atom stereocenters. The third kappa shape index (κ3) is 8.38. The quantitative estimate of drug-likeness (QED) is 0.128. The maximum Gasteiger partial charge on any atom is 0.419 e. The van der Waals surface area contributed by atoms with Crippen molar-refractivity contribution >= 4 is 45.6 Å². The number of ether oxygens (including phenoxy) is 2. The van der Waals surface area contributed by atoms with Gasteiger partial charge in [-0.2, -0.15) is 0 Å². The molecule has 59 heavy (non-hydrogen) atoms. The van der Waals surface area contributed by atoms with Gasteiger partial charge < -0.3 is 14.8 Å². The van der Waals surface area contributed by atoms with Crippen LogP contribution in [0, 0.1) is 52.3 Å². The van der Waals surface area contributed by atoms with Crippen LogP contribution >= 0.6 is 0 Å². The number of amides is 1. The van der Waals surface area contributed by atoms with E-state index in [2.05, 4.69) is 46.0 Å². The van der Waals surface area contributed by atoms with Crippen LogP contribution in [0.3, 0.4) is 0 Å². The maximum atomic E-state index is 13.9. The predicted octanol–water partition coefficient (Wildman–Crippen LogP) is 11.2. The van der Waals surface area contributed by atoms with Crippen molar-refractivity contribution in [3.05, 3.63) is 60.2 Å². The number of hydrogen-bond acceptors (Lipinski definition) is 6. The van der Waals surface area contributed by atoms with E-state index < -0.39 is 54.9 Å². The molecule has 0 radical (unpaired) electrons. The average Bonchev–Trinajstić information content (AvgIpc) is 3.74. The van der Waals surface area contributed by atoms with Crippen LogP contribution in [0.25, 0.3) is 21.8 Å². The number of Topliss-reactive ketones (excluding diaryl/α,β-unsaturated/α-hetero) is 1. The lowest BCUT2D eigenvalue weighted by Crippen LogP contribution is -2.51. The minimum absolute atomic E-state index is 0.0807. The lowest BCUT2D eigenvalue weighted by molar-refractivity contribution is -0.153. The first kappa shape index (κ1) is 43.1. The van der Waals surface area contributed by atoms with Crippen LogP contribution in [0.1, 0.15) is 126 Å². The van der Waals surface area contributed by atoms with Gasteiger partial charge in [0.1, 0.15) is 18.8 Å². The highest BCUT2D eigenvalue weighted by Gasteiger charge is 2.59. The molecule has 8 nitrogen and oxygen atoms in total. The van der Waals surface area contributed by atoms with Crippen LogP contribution in [0.15, 0.2) is 60.2 Å². The Hall–Kier alpha value is -4.01. The van der Waals surface area contributed by atoms with Crippen LogP contribution in [0.4, 0.5) is 9.18 Å². The summed E-state index contributed by atoms with van der Waals surface area (Å²) in [5, 5.41) is 4.27. The molecule has 1 amide bonds. The first-order valence-electron chi connectivity index (χ1n) is 22.6. The van der Waals surface area contributed by atoms with E-state index in [1.165, 1.54) is 55.1 Å². The number of alkyl halides is 1. The van der Waals surface area contributed by atoms with Crippen LogP contribution < -0.4 is 5.32 Å². The molecular formula is C50H67FN2O6. The van der Waals surface area contributed by atoms with Gasteiger partial charge in [0.25, 0.3) is 5.91 Å². The Labute approximate surface area is 350 Å². The zero-order chi connectivity index (χ0) is 42.2. The fraction of sp³-hybridized carbons (Fsp3) is 0.640. The topological polar surface area (TPSA) is 104 Å². The fourth-order valence-electron chi connectivity index (χ4n) is 12.5. The standard InChI is InChI=1S/C50H67FN2O6/c1-30(2)13-12-14-32(5)38-21-22-39-37-20-19-33-27-34(23-25-49(33,6)40(37)24-26-50(38,39)7)58-45(55)28-41(44(54)29-51)52-47(56)46(31(3)4)59-48(57)53-42-17-10-8-15-35(42)36-16-9-11-18-43(36)53/h8-11,15-19,30-32,34,37-41,46H,12-14,20-29H2,1-7H3,(H,52,56)/t32-,34+,37+,38-,39+,40+,41?,46+,49+,50-/m1/s1. The summed E-state index contributed by atoms with van der Waals surface area (Å²) >= 11 is 0. The largest absolute Gasteiger partial charge is 0.462 e. The van der Waals surface area contributed by atoms with Crippen molar-refractivity contribution in [2.24, 2.45) is 52.3 Å². The fourth-order valence-corrected chi connectivity index (χ4v) is 12.5. The van der Waals surface area contributed by atoms with Gasteiger partial charge in [-0.1, -0.05) is 116 Å². The number of esters is 1. The van der Waals surface area contributed by atoms with Crippen LogP contribution in [-0.2, 0) is 23.9 Å². The predicted molar refractivity (Wildman–Crippen MR) is 230 cm³/mol. The van der Waals surface area contributed by atoms with Gasteiger partial charge in [-0.15, -0.1) is 0 Å². The number of para-hydroxylation sites is 2. The number of nitrogens with zero attached hydrogens (tertiary/aromatic N) is 1. The Bertz CT molecular complexity index is 2020. The van der Waals surface area contributed by atoms with Gasteiger partial charge in [0.2, 0.25) is 0 Å². The van der Waals surface area contributed by atoms with Crippen LogP contribution in [0.2, 0.25) is 0 Å². The van der Waals surface area contributed by atoms with E-state index in [0.29, 0.717) is 34.7 Å². The minimum Gasteiger partial charge on any atom is -0.462 e. The normalized spacial score (nSPS) is 29.3. The molecule has 1 N–H and O–H groups in total. The summed E-state index contributed by atoms with van der Waals surface area (Å²) in [6.45, 7) is 14.3. The van der Waals surface area contributed by atoms with Crippen molar-refractivity contribution in [2.75, 3.05) is 6.67 Å². The van der Waals surface area contributed by atoms with E-state index >= 15 is 0 Å². The second kappa shape index (κ2) is 17.5. The molecule has 3 saturated carbocycles. The number of carbonyl (C=O) groups is 4. The van der Waals surface area contributed by atoms with Gasteiger partial charge in [0.05, 0.1) is 17.5 Å². The Morgan fingerprint density at radius 3 is 2.19 bits per heavy atom. The number of fused-ring (bicyclic) bond motifs is 8. The second-order valence-corrected chi connectivity index (χ2v) is 19.9. The van der Waals surface area contributed by atoms with Crippen molar-refractivity contribution in [1.29, 1.82) is 0 Å². The molecule has 1 heterocycles. The monoisotopic (exact) mass is 810 g/mol. The Kier molecular flexibility index (Phi) is 12.8. The molecule has 9 heteroatoms. The number of ketones is 1. The Morgan fingerprint density at radius 1 is 0.864 bits per heavy atom. The lowest BCUT2D eigenvalue weighted by Gasteiger charge is -2.58. The molecule has 3 aromatic rings. The molecule has 0 spiro atoms. The summed E-state index contributed by atoms with van der Waals surface area (Å²) in [5.41, 5.74) is 3.14. The molecule has 0 bridgehead atoms. The summed E-state index contributed by atoms with van der Waals surface area (Å²) in [5.74, 6) is 1.58. The molecule has 4 aliphatic carbocycles. The van der Waals surface area contributed by atoms with Gasteiger partial charge in [0.15, 0.2) is 11.9 Å². The molecule has 10 atom stereocenters. The number of aromatic nitrogens is 1.